The van der Waals surface area contributed by atoms with E-state index in [4.69, 9.17) is 28.5 Å². The Labute approximate surface area is 120 Å². The molecule has 0 aliphatic rings. The van der Waals surface area contributed by atoms with Crippen LogP contribution in [0.1, 0.15) is 0 Å². The molecule has 0 radical (unpaired) electrons. The number of carbonyl (C=O) groups is 1. The fourth-order valence-corrected chi connectivity index (χ4v) is 1.87. The van der Waals surface area contributed by atoms with Gasteiger partial charge in [0, 0.05) is 10.0 Å². The number of hydrogen-bond donors (Lipinski definition) is 0. The summed E-state index contributed by atoms with van der Waals surface area (Å²) in [4.78, 5) is 13.1. The topological polar surface area (TPSA) is 44.1 Å². The van der Waals surface area contributed by atoms with E-state index >= 15 is 0 Å². The minimum Gasteiger partial charge on any atom is -0.268 e. The Morgan fingerprint density at radius 2 is 1.26 bits per heavy atom. The molecule has 0 heterocycles. The van der Waals surface area contributed by atoms with Crippen LogP contribution in [0.25, 0.3) is 0 Å². The van der Waals surface area contributed by atoms with Crippen molar-refractivity contribution in [3.05, 3.63) is 58.6 Å². The number of nitrogens with zero attached hydrogens (tertiary/aromatic N) is 2. The molecule has 0 atom stereocenters. The average molecular weight is 291 g/mol. The first-order valence-corrected chi connectivity index (χ1v) is 6.13. The van der Waals surface area contributed by atoms with Gasteiger partial charge in [0.1, 0.15) is 0 Å². The molecule has 5 heteroatoms. The molecule has 2 aromatic rings. The summed E-state index contributed by atoms with van der Waals surface area (Å²) in [7, 11) is 0. The molecule has 0 aliphatic carbocycles. The number of nitriles is 1. The first-order valence-electron chi connectivity index (χ1n) is 5.37. The number of hydrogen-bond acceptors (Lipinski definition) is 2. The third-order valence-corrected chi connectivity index (χ3v) is 2.97. The molecule has 0 N–H and O–H groups in total. The lowest BCUT2D eigenvalue weighted by atomic mass is 10.2. The Hall–Kier alpha value is -2.02. The van der Waals surface area contributed by atoms with Crippen LogP contribution in [-0.4, -0.2) is 5.91 Å². The zero-order valence-corrected chi connectivity index (χ0v) is 11.2. The van der Waals surface area contributed by atoms with E-state index in [0.717, 1.165) is 0 Å². The molecule has 1 amide bonds. The highest BCUT2D eigenvalue weighted by molar-refractivity contribution is 6.31. The second-order valence-corrected chi connectivity index (χ2v) is 4.58. The van der Waals surface area contributed by atoms with Crippen LogP contribution in [0.4, 0.5) is 11.4 Å². The van der Waals surface area contributed by atoms with Crippen molar-refractivity contribution in [1.29, 1.82) is 5.26 Å². The number of carbonyl (C=O) groups excluding carboxylic acids is 1. The van der Waals surface area contributed by atoms with Gasteiger partial charge in [-0.3, -0.25) is 9.69 Å². The van der Waals surface area contributed by atoms with Gasteiger partial charge in [-0.25, -0.2) is 0 Å². The predicted molar refractivity (Wildman–Crippen MR) is 75.7 cm³/mol. The van der Waals surface area contributed by atoms with E-state index in [0.29, 0.717) is 21.4 Å². The molecule has 94 valence electrons. The highest BCUT2D eigenvalue weighted by Crippen LogP contribution is 2.27. The molecular weight excluding hydrogens is 283 g/mol. The molecule has 0 bridgehead atoms. The van der Waals surface area contributed by atoms with Crippen molar-refractivity contribution in [1.82, 2.24) is 0 Å². The lowest BCUT2D eigenvalue weighted by Gasteiger charge is -2.19. The van der Waals surface area contributed by atoms with Crippen LogP contribution in [0.15, 0.2) is 48.5 Å². The smallest absolute Gasteiger partial charge is 0.268 e. The Bertz CT molecular complexity index is 584. The van der Waals surface area contributed by atoms with Gasteiger partial charge in [-0.05, 0) is 48.5 Å². The number of rotatable bonds is 2. The summed E-state index contributed by atoms with van der Waals surface area (Å²) in [5.41, 5.74) is 1.14. The van der Waals surface area contributed by atoms with Gasteiger partial charge < -0.3 is 0 Å². The van der Waals surface area contributed by atoms with E-state index < -0.39 is 5.91 Å². The van der Waals surface area contributed by atoms with Crippen LogP contribution in [-0.2, 0) is 4.79 Å². The first kappa shape index (κ1) is 13.4. The Morgan fingerprint density at radius 1 is 0.895 bits per heavy atom. The van der Waals surface area contributed by atoms with E-state index in [1.165, 1.54) is 4.90 Å². The van der Waals surface area contributed by atoms with Crippen LogP contribution in [0.2, 0.25) is 10.0 Å². The van der Waals surface area contributed by atoms with Gasteiger partial charge >= 0.3 is 5.91 Å². The summed E-state index contributed by atoms with van der Waals surface area (Å²) in [6.07, 6.45) is 0. The zero-order chi connectivity index (χ0) is 13.8. The standard InChI is InChI=1S/C14H8Cl2N2O/c15-10-1-5-12(6-2-10)18(14(19)9-17)13-7-3-11(16)4-8-13/h1-8H. The Balaban J connectivity index is 2.48. The third-order valence-electron chi connectivity index (χ3n) is 2.47. The average Bonchev–Trinajstić information content (AvgIpc) is 2.43. The first-order chi connectivity index (χ1) is 9.11. The third kappa shape index (κ3) is 3.05. The normalized spacial score (nSPS) is 9.74. The van der Waals surface area contributed by atoms with Crippen molar-refractivity contribution in [2.24, 2.45) is 0 Å². The van der Waals surface area contributed by atoms with E-state index in [-0.39, 0.29) is 0 Å². The van der Waals surface area contributed by atoms with Crippen LogP contribution in [0.5, 0.6) is 0 Å². The highest BCUT2D eigenvalue weighted by atomic mass is 35.5. The molecule has 0 saturated heterocycles. The van der Waals surface area contributed by atoms with Crippen molar-refractivity contribution in [2.45, 2.75) is 0 Å². The molecule has 2 aromatic carbocycles. The van der Waals surface area contributed by atoms with E-state index in [1.54, 1.807) is 54.6 Å². The van der Waals surface area contributed by atoms with Crippen LogP contribution in [0.3, 0.4) is 0 Å². The number of benzene rings is 2. The Morgan fingerprint density at radius 3 is 1.58 bits per heavy atom. The lowest BCUT2D eigenvalue weighted by Crippen LogP contribution is -2.23. The number of amides is 1. The van der Waals surface area contributed by atoms with Crippen LogP contribution < -0.4 is 4.90 Å². The maximum atomic E-state index is 11.8. The van der Waals surface area contributed by atoms with Crippen molar-refractivity contribution in [2.75, 3.05) is 4.90 Å². The monoisotopic (exact) mass is 290 g/mol. The van der Waals surface area contributed by atoms with E-state index in [9.17, 15) is 4.79 Å². The van der Waals surface area contributed by atoms with Crippen LogP contribution >= 0.6 is 23.2 Å². The Kier molecular flexibility index (Phi) is 4.06. The summed E-state index contributed by atoms with van der Waals surface area (Å²) in [5.74, 6) is -0.676. The molecule has 3 nitrogen and oxygen atoms in total. The molecule has 19 heavy (non-hydrogen) atoms. The predicted octanol–water partition coefficient (Wildman–Crippen LogP) is 4.18. The quantitative estimate of drug-likeness (QED) is 0.779. The molecule has 0 aliphatic heterocycles. The number of anilines is 2. The largest absolute Gasteiger partial charge is 0.333 e. The van der Waals surface area contributed by atoms with Gasteiger partial charge in [0.2, 0.25) is 0 Å². The molecule has 2 rings (SSSR count). The van der Waals surface area contributed by atoms with Crippen LogP contribution in [0, 0.1) is 11.3 Å². The van der Waals surface area contributed by atoms with Gasteiger partial charge in [0.25, 0.3) is 0 Å². The van der Waals surface area contributed by atoms with Crippen molar-refractivity contribution < 1.29 is 4.79 Å². The minimum absolute atomic E-state index is 0.559. The van der Waals surface area contributed by atoms with Gasteiger partial charge in [0.05, 0.1) is 11.4 Å². The second-order valence-electron chi connectivity index (χ2n) is 3.71. The molecule has 0 aromatic heterocycles. The summed E-state index contributed by atoms with van der Waals surface area (Å²) >= 11 is 11.6. The van der Waals surface area contributed by atoms with E-state index in [1.807, 2.05) is 0 Å². The SMILES string of the molecule is N#CC(=O)N(c1ccc(Cl)cc1)c1ccc(Cl)cc1. The summed E-state index contributed by atoms with van der Waals surface area (Å²) in [5, 5.41) is 9.96. The van der Waals surface area contributed by atoms with Gasteiger partial charge in [-0.15, -0.1) is 0 Å². The summed E-state index contributed by atoms with van der Waals surface area (Å²) in [6.45, 7) is 0. The summed E-state index contributed by atoms with van der Waals surface area (Å²) in [6, 6.07) is 14.9. The van der Waals surface area contributed by atoms with Gasteiger partial charge in [0.15, 0.2) is 6.07 Å². The van der Waals surface area contributed by atoms with Crippen molar-refractivity contribution in [3.63, 3.8) is 0 Å². The lowest BCUT2D eigenvalue weighted by molar-refractivity contribution is -0.112. The fraction of sp³-hybridized carbons (Fsp3) is 0. The van der Waals surface area contributed by atoms with Gasteiger partial charge in [-0.2, -0.15) is 5.26 Å². The highest BCUT2D eigenvalue weighted by Gasteiger charge is 2.17. The van der Waals surface area contributed by atoms with Crippen molar-refractivity contribution >= 4 is 40.5 Å². The molecule has 0 unspecified atom stereocenters. The minimum atomic E-state index is -0.676. The summed E-state index contributed by atoms with van der Waals surface area (Å²) < 4.78 is 0. The maximum Gasteiger partial charge on any atom is 0.333 e. The van der Waals surface area contributed by atoms with E-state index in [2.05, 4.69) is 0 Å². The van der Waals surface area contributed by atoms with Gasteiger partial charge in [-0.1, -0.05) is 23.2 Å². The maximum absolute atomic E-state index is 11.8. The number of halogens is 2. The fourth-order valence-electron chi connectivity index (χ4n) is 1.61. The molecule has 0 fully saturated rings. The van der Waals surface area contributed by atoms with Crippen molar-refractivity contribution in [3.8, 4) is 6.07 Å². The molecule has 0 saturated carbocycles. The molecule has 0 spiro atoms. The zero-order valence-electron chi connectivity index (χ0n) is 9.68. The molecular formula is C14H8Cl2N2O. The second kappa shape index (κ2) is 5.75.